The van der Waals surface area contributed by atoms with Gasteiger partial charge in [0, 0.05) is 53.9 Å². The molecule has 1 aromatic carbocycles. The lowest BCUT2D eigenvalue weighted by Gasteiger charge is -2.34. The maximum Gasteiger partial charge on any atom is 0.226 e. The zero-order valence-corrected chi connectivity index (χ0v) is 20.8. The topological polar surface area (TPSA) is 107 Å². The SMILES string of the molecule is CC(C)C(=O)Nc1cncc(C2CC3C(CN2)NNC3c2cc3c(-c4ccc(F)cc4)ccnc3[nH]2)c1. The van der Waals surface area contributed by atoms with Crippen LogP contribution in [0.5, 0.6) is 0 Å². The van der Waals surface area contributed by atoms with Gasteiger partial charge in [0.1, 0.15) is 11.5 Å². The first kappa shape index (κ1) is 23.7. The summed E-state index contributed by atoms with van der Waals surface area (Å²) in [5, 5.41) is 7.60. The number of piperidine rings is 1. The number of amides is 1. The Hall–Kier alpha value is -3.66. The van der Waals surface area contributed by atoms with Crippen molar-refractivity contribution < 1.29 is 9.18 Å². The number of hydrogen-bond acceptors (Lipinski definition) is 6. The fourth-order valence-corrected chi connectivity index (χ4v) is 5.43. The lowest BCUT2D eigenvalue weighted by Crippen LogP contribution is -2.46. The molecule has 0 radical (unpaired) electrons. The molecule has 0 saturated carbocycles. The standard InChI is InChI=1S/C28H30FN7O/c1-15(2)28(37)33-19-9-17(12-30-13-19)23-11-22-25(14-32-23)35-36-26(22)24-10-21-20(7-8-31-27(21)34-24)16-3-5-18(29)6-4-16/h3-10,12-13,15,22-23,25-26,32,35-36H,11,14H2,1-2H3,(H,31,34)(H,33,37). The third-order valence-corrected chi connectivity index (χ3v) is 7.46. The molecule has 5 heterocycles. The number of aromatic amines is 1. The van der Waals surface area contributed by atoms with Gasteiger partial charge in [-0.25, -0.2) is 14.8 Å². The first-order valence-corrected chi connectivity index (χ1v) is 12.7. The van der Waals surface area contributed by atoms with Crippen molar-refractivity contribution in [1.29, 1.82) is 0 Å². The van der Waals surface area contributed by atoms with Gasteiger partial charge in [-0.05, 0) is 53.4 Å². The number of hydrazine groups is 1. The number of H-pyrrole nitrogens is 1. The summed E-state index contributed by atoms with van der Waals surface area (Å²) in [5.74, 6) is -0.0441. The number of nitrogens with one attached hydrogen (secondary N) is 5. The minimum absolute atomic E-state index is 0.0210. The van der Waals surface area contributed by atoms with Crippen molar-refractivity contribution in [1.82, 2.24) is 31.1 Å². The summed E-state index contributed by atoms with van der Waals surface area (Å²) in [6.07, 6.45) is 6.23. The van der Waals surface area contributed by atoms with Crippen LogP contribution in [0.25, 0.3) is 22.2 Å². The maximum absolute atomic E-state index is 13.5. The maximum atomic E-state index is 13.5. The fraction of sp³-hybridized carbons (Fsp3) is 0.321. The van der Waals surface area contributed by atoms with Crippen molar-refractivity contribution in [3.63, 3.8) is 0 Å². The van der Waals surface area contributed by atoms with E-state index in [0.29, 0.717) is 11.6 Å². The number of halogens is 1. The number of pyridine rings is 2. The summed E-state index contributed by atoms with van der Waals surface area (Å²) in [4.78, 5) is 24.6. The van der Waals surface area contributed by atoms with E-state index in [0.717, 1.165) is 46.4 Å². The summed E-state index contributed by atoms with van der Waals surface area (Å²) in [6.45, 7) is 4.55. The highest BCUT2D eigenvalue weighted by molar-refractivity contribution is 5.93. The smallest absolute Gasteiger partial charge is 0.226 e. The monoisotopic (exact) mass is 499 g/mol. The van der Waals surface area contributed by atoms with Gasteiger partial charge in [-0.2, -0.15) is 0 Å². The summed E-state index contributed by atoms with van der Waals surface area (Å²) >= 11 is 0. The van der Waals surface area contributed by atoms with Gasteiger partial charge >= 0.3 is 0 Å². The lowest BCUT2D eigenvalue weighted by molar-refractivity contribution is -0.118. The molecule has 190 valence electrons. The second kappa shape index (κ2) is 9.66. The first-order valence-electron chi connectivity index (χ1n) is 12.7. The van der Waals surface area contributed by atoms with E-state index in [-0.39, 0.29) is 35.8 Å². The number of carbonyl (C=O) groups excluding carboxylic acids is 1. The van der Waals surface area contributed by atoms with Gasteiger partial charge in [0.25, 0.3) is 0 Å². The molecule has 1 amide bonds. The van der Waals surface area contributed by atoms with Crippen LogP contribution >= 0.6 is 0 Å². The quantitative estimate of drug-likeness (QED) is 0.281. The second-order valence-electron chi connectivity index (χ2n) is 10.2. The Morgan fingerprint density at radius 2 is 1.95 bits per heavy atom. The van der Waals surface area contributed by atoms with E-state index in [1.807, 2.05) is 32.2 Å². The van der Waals surface area contributed by atoms with Crippen LogP contribution in [-0.2, 0) is 4.79 Å². The van der Waals surface area contributed by atoms with E-state index in [4.69, 9.17) is 0 Å². The van der Waals surface area contributed by atoms with Gasteiger partial charge in [-0.1, -0.05) is 26.0 Å². The number of fused-ring (bicyclic) bond motifs is 2. The third-order valence-electron chi connectivity index (χ3n) is 7.46. The number of nitrogens with zero attached hydrogens (tertiary/aromatic N) is 2. The predicted octanol–water partition coefficient (Wildman–Crippen LogP) is 4.23. The molecule has 4 atom stereocenters. The van der Waals surface area contributed by atoms with E-state index in [9.17, 15) is 9.18 Å². The van der Waals surface area contributed by atoms with Gasteiger partial charge in [0.2, 0.25) is 5.91 Å². The molecule has 4 unspecified atom stereocenters. The van der Waals surface area contributed by atoms with Crippen molar-refractivity contribution in [3.05, 3.63) is 78.1 Å². The highest BCUT2D eigenvalue weighted by atomic mass is 19.1. The van der Waals surface area contributed by atoms with Crippen LogP contribution in [0.1, 0.15) is 43.6 Å². The van der Waals surface area contributed by atoms with Gasteiger partial charge in [-0.3, -0.25) is 15.2 Å². The minimum atomic E-state index is -0.250. The van der Waals surface area contributed by atoms with Crippen molar-refractivity contribution >= 4 is 22.6 Å². The zero-order valence-electron chi connectivity index (χ0n) is 20.8. The predicted molar refractivity (Wildman–Crippen MR) is 141 cm³/mol. The number of hydrogen-bond donors (Lipinski definition) is 5. The second-order valence-corrected chi connectivity index (χ2v) is 10.2. The van der Waals surface area contributed by atoms with Crippen LogP contribution < -0.4 is 21.5 Å². The van der Waals surface area contributed by atoms with Gasteiger partial charge < -0.3 is 15.6 Å². The Balaban J connectivity index is 1.25. The lowest BCUT2D eigenvalue weighted by atomic mass is 9.81. The molecule has 2 fully saturated rings. The average Bonchev–Trinajstić information content (AvgIpc) is 3.53. The number of rotatable bonds is 5. The highest BCUT2D eigenvalue weighted by Gasteiger charge is 2.42. The molecule has 2 aliphatic heterocycles. The number of carbonyl (C=O) groups is 1. The summed E-state index contributed by atoms with van der Waals surface area (Å²) in [7, 11) is 0. The Bertz CT molecular complexity index is 1430. The molecule has 37 heavy (non-hydrogen) atoms. The van der Waals surface area contributed by atoms with E-state index in [2.05, 4.69) is 42.5 Å². The highest BCUT2D eigenvalue weighted by Crippen LogP contribution is 2.40. The van der Waals surface area contributed by atoms with Crippen LogP contribution in [0, 0.1) is 17.7 Å². The van der Waals surface area contributed by atoms with Crippen LogP contribution in [0.2, 0.25) is 0 Å². The molecule has 5 N–H and O–H groups in total. The van der Waals surface area contributed by atoms with Crippen LogP contribution in [0.15, 0.2) is 61.1 Å². The van der Waals surface area contributed by atoms with E-state index in [1.165, 1.54) is 12.1 Å². The Kier molecular flexibility index (Phi) is 6.19. The molecule has 0 spiro atoms. The summed E-state index contributed by atoms with van der Waals surface area (Å²) in [6, 6.07) is 13.2. The van der Waals surface area contributed by atoms with E-state index < -0.39 is 0 Å². The van der Waals surface area contributed by atoms with Crippen molar-refractivity contribution in [3.8, 4) is 11.1 Å². The van der Waals surface area contributed by atoms with Crippen LogP contribution in [0.4, 0.5) is 10.1 Å². The van der Waals surface area contributed by atoms with E-state index >= 15 is 0 Å². The van der Waals surface area contributed by atoms with Gasteiger partial charge in [0.05, 0.1) is 17.9 Å². The molecule has 0 bridgehead atoms. The Morgan fingerprint density at radius 1 is 1.11 bits per heavy atom. The molecule has 9 heteroatoms. The Labute approximate surface area is 214 Å². The number of aromatic nitrogens is 3. The molecule has 4 aromatic rings. The minimum Gasteiger partial charge on any atom is -0.342 e. The average molecular weight is 500 g/mol. The largest absolute Gasteiger partial charge is 0.342 e. The molecule has 8 nitrogen and oxygen atoms in total. The zero-order chi connectivity index (χ0) is 25.5. The molecule has 2 aliphatic rings. The van der Waals surface area contributed by atoms with Crippen molar-refractivity contribution in [2.75, 3.05) is 11.9 Å². The molecule has 6 rings (SSSR count). The molecular formula is C28H30FN7O. The molecular weight excluding hydrogens is 469 g/mol. The molecule has 0 aliphatic carbocycles. The third kappa shape index (κ3) is 4.61. The molecule has 3 aromatic heterocycles. The van der Waals surface area contributed by atoms with Crippen LogP contribution in [0.3, 0.4) is 0 Å². The Morgan fingerprint density at radius 3 is 2.76 bits per heavy atom. The van der Waals surface area contributed by atoms with E-state index in [1.54, 1.807) is 24.5 Å². The fourth-order valence-electron chi connectivity index (χ4n) is 5.43. The number of benzene rings is 1. The van der Waals surface area contributed by atoms with Crippen LogP contribution in [-0.4, -0.2) is 33.4 Å². The van der Waals surface area contributed by atoms with Gasteiger partial charge in [-0.15, -0.1) is 0 Å². The number of anilines is 1. The summed E-state index contributed by atoms with van der Waals surface area (Å²) < 4.78 is 13.5. The first-order chi connectivity index (χ1) is 18.0. The van der Waals surface area contributed by atoms with Crippen molar-refractivity contribution in [2.45, 2.75) is 38.4 Å². The van der Waals surface area contributed by atoms with Crippen molar-refractivity contribution in [2.24, 2.45) is 11.8 Å². The van der Waals surface area contributed by atoms with Gasteiger partial charge in [0.15, 0.2) is 0 Å². The molecule has 2 saturated heterocycles. The summed E-state index contributed by atoms with van der Waals surface area (Å²) in [5.41, 5.74) is 12.6. The normalized spacial score (nSPS) is 23.4.